The summed E-state index contributed by atoms with van der Waals surface area (Å²) in [6, 6.07) is 0.214. The van der Waals surface area contributed by atoms with Gasteiger partial charge in [-0.3, -0.25) is 9.69 Å². The van der Waals surface area contributed by atoms with Crippen molar-refractivity contribution >= 4 is 11.9 Å². The summed E-state index contributed by atoms with van der Waals surface area (Å²) >= 11 is 0. The van der Waals surface area contributed by atoms with Gasteiger partial charge in [-0.25, -0.2) is 4.79 Å². The van der Waals surface area contributed by atoms with E-state index >= 15 is 0 Å². The molecule has 0 N–H and O–H groups in total. The molecule has 3 rings (SSSR count). The van der Waals surface area contributed by atoms with Crippen molar-refractivity contribution in [3.8, 4) is 17.1 Å². The predicted molar refractivity (Wildman–Crippen MR) is 104 cm³/mol. The Morgan fingerprint density at radius 1 is 1.03 bits per heavy atom. The van der Waals surface area contributed by atoms with E-state index in [0.717, 1.165) is 15.9 Å². The summed E-state index contributed by atoms with van der Waals surface area (Å²) in [4.78, 5) is 29.8. The molecule has 3 amide bonds. The van der Waals surface area contributed by atoms with Crippen molar-refractivity contribution in [2.45, 2.75) is 45.0 Å². The van der Waals surface area contributed by atoms with Crippen LogP contribution in [0, 0.1) is 5.41 Å². The molecular formula is C20H17F9N4O4. The molecule has 1 saturated heterocycles. The summed E-state index contributed by atoms with van der Waals surface area (Å²) in [6.07, 6.45) is -17.0. The highest BCUT2D eigenvalue weighted by Crippen LogP contribution is 2.50. The van der Waals surface area contributed by atoms with Gasteiger partial charge in [0.15, 0.2) is 5.41 Å². The molecule has 0 spiro atoms. The van der Waals surface area contributed by atoms with Crippen molar-refractivity contribution in [2.24, 2.45) is 5.41 Å². The van der Waals surface area contributed by atoms with Crippen molar-refractivity contribution in [2.75, 3.05) is 13.7 Å². The fourth-order valence-corrected chi connectivity index (χ4v) is 3.22. The Bertz CT molecular complexity index is 1180. The molecule has 2 aromatic rings. The molecule has 8 nitrogen and oxygen atoms in total. The molecule has 2 heterocycles. The van der Waals surface area contributed by atoms with E-state index < -0.39 is 65.7 Å². The first-order valence-electron chi connectivity index (χ1n) is 10.2. The molecule has 37 heavy (non-hydrogen) atoms. The Morgan fingerprint density at radius 3 is 2.11 bits per heavy atom. The lowest BCUT2D eigenvalue weighted by Crippen LogP contribution is -2.51. The van der Waals surface area contributed by atoms with Crippen LogP contribution in [-0.4, -0.2) is 63.9 Å². The summed E-state index contributed by atoms with van der Waals surface area (Å²) in [6.45, 7) is -1.32. The van der Waals surface area contributed by atoms with Crippen LogP contribution in [0.25, 0.3) is 11.4 Å². The molecule has 1 aliphatic rings. The number of hydrogen-bond donors (Lipinski definition) is 0. The van der Waals surface area contributed by atoms with Gasteiger partial charge in [0, 0.05) is 12.6 Å². The number of alkyl halides is 9. The van der Waals surface area contributed by atoms with Crippen LogP contribution in [0.1, 0.15) is 25.3 Å². The number of urea groups is 1. The van der Waals surface area contributed by atoms with Crippen molar-refractivity contribution in [1.29, 1.82) is 0 Å². The lowest BCUT2D eigenvalue weighted by molar-refractivity contribution is -0.340. The summed E-state index contributed by atoms with van der Waals surface area (Å²) in [5.74, 6) is -2.47. The second-order valence-electron chi connectivity index (χ2n) is 8.32. The number of carbonyl (C=O) groups is 2. The molecule has 17 heteroatoms. The maximum atomic E-state index is 13.6. The Hall–Kier alpha value is -3.53. The average molecular weight is 548 g/mol. The molecule has 1 aromatic carbocycles. The van der Waals surface area contributed by atoms with Crippen molar-refractivity contribution in [1.82, 2.24) is 19.9 Å². The maximum Gasteiger partial charge on any atom is 0.419 e. The Labute approximate surface area is 201 Å². The van der Waals surface area contributed by atoms with E-state index in [-0.39, 0.29) is 24.9 Å². The van der Waals surface area contributed by atoms with Gasteiger partial charge >= 0.3 is 24.6 Å². The highest BCUT2D eigenvalue weighted by atomic mass is 19.4. The van der Waals surface area contributed by atoms with Gasteiger partial charge in [0.25, 0.3) is 5.91 Å². The van der Waals surface area contributed by atoms with Gasteiger partial charge in [0.1, 0.15) is 24.9 Å². The number of aromatic nitrogens is 2. The monoisotopic (exact) mass is 548 g/mol. The van der Waals surface area contributed by atoms with Crippen LogP contribution in [0.3, 0.4) is 0 Å². The van der Waals surface area contributed by atoms with Crippen LogP contribution in [0.15, 0.2) is 22.7 Å². The fourth-order valence-electron chi connectivity index (χ4n) is 3.22. The van der Waals surface area contributed by atoms with Crippen LogP contribution < -0.4 is 4.74 Å². The van der Waals surface area contributed by atoms with Crippen LogP contribution in [0.4, 0.5) is 44.3 Å². The molecule has 1 fully saturated rings. The minimum atomic E-state index is -5.86. The van der Waals surface area contributed by atoms with Gasteiger partial charge in [-0.2, -0.15) is 44.5 Å². The molecule has 1 aliphatic heterocycles. The first kappa shape index (κ1) is 28.0. The average Bonchev–Trinajstić information content (AvgIpc) is 3.31. The van der Waals surface area contributed by atoms with Crippen molar-refractivity contribution < 1.29 is 58.4 Å². The van der Waals surface area contributed by atoms with Gasteiger partial charge in [-0.15, -0.1) is 0 Å². The number of likely N-dealkylation sites (N-methyl/N-ethyl adjacent to an activating group) is 1. The molecular weight excluding hydrogens is 531 g/mol. The first-order valence-corrected chi connectivity index (χ1v) is 10.2. The molecule has 1 unspecified atom stereocenters. The molecule has 1 aromatic heterocycles. The van der Waals surface area contributed by atoms with E-state index in [9.17, 15) is 49.1 Å². The van der Waals surface area contributed by atoms with Crippen LogP contribution in [-0.2, 0) is 17.5 Å². The number of amides is 3. The first-order chi connectivity index (χ1) is 16.8. The number of rotatable bonds is 6. The van der Waals surface area contributed by atoms with E-state index in [1.807, 2.05) is 0 Å². The Kier molecular flexibility index (Phi) is 6.89. The Balaban J connectivity index is 1.88. The number of hydrogen-bond acceptors (Lipinski definition) is 6. The van der Waals surface area contributed by atoms with Crippen LogP contribution in [0.2, 0.25) is 0 Å². The summed E-state index contributed by atoms with van der Waals surface area (Å²) in [5.41, 5.74) is -6.49. The standard InChI is InChI=1S/C20H17F9N4O4/c1-9-15(34)32(3)16(35)33(9)7-13-30-14(31-37-13)10-4-5-12(11(6-10)18(21,22)23)36-8-17(2,19(24,25)26)20(27,28)29/h4-6,9H,7-8H2,1-3H3. The number of halogens is 9. The van der Waals surface area contributed by atoms with E-state index in [1.54, 1.807) is 0 Å². The lowest BCUT2D eigenvalue weighted by atomic mass is 9.90. The fraction of sp³-hybridized carbons (Fsp3) is 0.500. The van der Waals surface area contributed by atoms with E-state index in [2.05, 4.69) is 14.9 Å². The number of carbonyl (C=O) groups excluding carboxylic acids is 2. The number of nitrogens with zero attached hydrogens (tertiary/aromatic N) is 4. The highest BCUT2D eigenvalue weighted by Gasteiger charge is 2.68. The van der Waals surface area contributed by atoms with Crippen molar-refractivity contribution in [3.63, 3.8) is 0 Å². The van der Waals surface area contributed by atoms with Gasteiger partial charge in [0.2, 0.25) is 11.7 Å². The summed E-state index contributed by atoms with van der Waals surface area (Å²) in [5, 5.41) is 3.49. The minimum absolute atomic E-state index is 0.229. The third kappa shape index (κ3) is 5.16. The topological polar surface area (TPSA) is 88.8 Å². The smallest absolute Gasteiger partial charge is 0.419 e. The van der Waals surface area contributed by atoms with E-state index in [0.29, 0.717) is 12.1 Å². The second kappa shape index (κ2) is 9.09. The number of imide groups is 1. The van der Waals surface area contributed by atoms with Gasteiger partial charge in [-0.05, 0) is 32.0 Å². The quantitative estimate of drug-likeness (QED) is 0.371. The van der Waals surface area contributed by atoms with E-state index in [4.69, 9.17) is 4.52 Å². The third-order valence-electron chi connectivity index (χ3n) is 5.77. The normalized spacial score (nSPS) is 17.7. The third-order valence-corrected chi connectivity index (χ3v) is 5.77. The zero-order chi connectivity index (χ0) is 28.1. The molecule has 0 bridgehead atoms. The van der Waals surface area contributed by atoms with Crippen LogP contribution >= 0.6 is 0 Å². The molecule has 0 aliphatic carbocycles. The van der Waals surface area contributed by atoms with Gasteiger partial charge in [-0.1, -0.05) is 5.16 Å². The predicted octanol–water partition coefficient (Wildman–Crippen LogP) is 5.05. The molecule has 1 atom stereocenters. The number of ether oxygens (including phenoxy) is 1. The zero-order valence-electron chi connectivity index (χ0n) is 19.0. The number of benzene rings is 1. The SMILES string of the molecule is CC1C(=O)N(C)C(=O)N1Cc1nc(-c2ccc(OCC(C)(C(F)(F)F)C(F)(F)F)c(C(F)(F)F)c2)no1. The minimum Gasteiger partial charge on any atom is -0.492 e. The maximum absolute atomic E-state index is 13.6. The molecule has 0 radical (unpaired) electrons. The lowest BCUT2D eigenvalue weighted by Gasteiger charge is -2.33. The van der Waals surface area contributed by atoms with Gasteiger partial charge < -0.3 is 14.2 Å². The van der Waals surface area contributed by atoms with Crippen LogP contribution in [0.5, 0.6) is 5.75 Å². The van der Waals surface area contributed by atoms with Gasteiger partial charge in [0.05, 0.1) is 5.56 Å². The highest BCUT2D eigenvalue weighted by molar-refractivity contribution is 6.03. The molecule has 204 valence electrons. The second-order valence-corrected chi connectivity index (χ2v) is 8.32. The van der Waals surface area contributed by atoms with Crippen molar-refractivity contribution in [3.05, 3.63) is 29.7 Å². The molecule has 0 saturated carbocycles. The largest absolute Gasteiger partial charge is 0.492 e. The Morgan fingerprint density at radius 2 is 1.62 bits per heavy atom. The van der Waals surface area contributed by atoms with E-state index in [1.165, 1.54) is 14.0 Å². The zero-order valence-corrected chi connectivity index (χ0v) is 19.0. The summed E-state index contributed by atoms with van der Waals surface area (Å²) in [7, 11) is 1.24. The summed E-state index contributed by atoms with van der Waals surface area (Å²) < 4.78 is 129.